The van der Waals surface area contributed by atoms with Gasteiger partial charge in [0.1, 0.15) is 6.61 Å². The first-order valence-electron chi connectivity index (χ1n) is 7.61. The first-order chi connectivity index (χ1) is 11.9. The van der Waals surface area contributed by atoms with E-state index in [2.05, 4.69) is 20.3 Å². The summed E-state index contributed by atoms with van der Waals surface area (Å²) in [4.78, 5) is 11.5. The predicted molar refractivity (Wildman–Crippen MR) is 86.4 cm³/mol. The van der Waals surface area contributed by atoms with E-state index in [9.17, 15) is 13.2 Å². The van der Waals surface area contributed by atoms with Crippen LogP contribution in [0.4, 0.5) is 24.8 Å². The molecule has 9 heteroatoms. The Hall–Kier alpha value is -2.84. The molecule has 1 atom stereocenters. The maximum Gasteiger partial charge on any atom is 0.419 e. The summed E-state index contributed by atoms with van der Waals surface area (Å²) in [5.74, 6) is 0.105. The summed E-state index contributed by atoms with van der Waals surface area (Å²) in [6.07, 6.45) is -1.30. The third-order valence-electron chi connectivity index (χ3n) is 3.69. The van der Waals surface area contributed by atoms with Gasteiger partial charge in [-0.25, -0.2) is 15.0 Å². The second-order valence-corrected chi connectivity index (χ2v) is 5.59. The molecule has 3 N–H and O–H groups in total. The molecule has 25 heavy (non-hydrogen) atoms. The molecule has 1 aromatic heterocycles. The van der Waals surface area contributed by atoms with E-state index in [-0.39, 0.29) is 18.0 Å². The molecule has 0 saturated heterocycles. The number of hydrogen-bond acceptors (Lipinski definition) is 6. The Bertz CT molecular complexity index is 744. The molecule has 0 aliphatic carbocycles. The van der Waals surface area contributed by atoms with Crippen molar-refractivity contribution in [2.24, 2.45) is 10.7 Å². The van der Waals surface area contributed by atoms with Crippen LogP contribution in [0.15, 0.2) is 41.7 Å². The minimum atomic E-state index is -4.45. The van der Waals surface area contributed by atoms with Crippen LogP contribution in [-0.4, -0.2) is 28.6 Å². The lowest BCUT2D eigenvalue weighted by atomic mass is 10.1. The summed E-state index contributed by atoms with van der Waals surface area (Å²) in [7, 11) is 0. The van der Waals surface area contributed by atoms with Crippen LogP contribution >= 0.6 is 0 Å². The Morgan fingerprint density at radius 3 is 2.40 bits per heavy atom. The van der Waals surface area contributed by atoms with Gasteiger partial charge in [0.05, 0.1) is 11.6 Å². The molecule has 132 valence electrons. The fourth-order valence-corrected chi connectivity index (χ4v) is 2.34. The smallest absolute Gasteiger partial charge is 0.419 e. The van der Waals surface area contributed by atoms with Crippen LogP contribution in [-0.2, 0) is 17.3 Å². The number of nitrogens with zero attached hydrogens (tertiary/aromatic N) is 3. The second-order valence-electron chi connectivity index (χ2n) is 5.59. The van der Waals surface area contributed by atoms with Crippen LogP contribution < -0.4 is 11.1 Å². The summed E-state index contributed by atoms with van der Waals surface area (Å²) < 4.78 is 42.5. The molecule has 0 bridgehead atoms. The van der Waals surface area contributed by atoms with E-state index in [1.165, 1.54) is 0 Å². The SMILES string of the molecule is NC1=N[C@@H](CCc2ccc(Nc3ncc(C(F)(F)F)cn3)cc2)CO1. The minimum absolute atomic E-state index is 0.0818. The Kier molecular flexibility index (Phi) is 4.73. The molecule has 0 saturated carbocycles. The van der Waals surface area contributed by atoms with E-state index >= 15 is 0 Å². The largest absolute Gasteiger partial charge is 0.463 e. The second kappa shape index (κ2) is 6.96. The number of rotatable bonds is 5. The molecule has 1 aromatic carbocycles. The highest BCUT2D eigenvalue weighted by molar-refractivity contribution is 5.73. The van der Waals surface area contributed by atoms with Crippen LogP contribution in [0.3, 0.4) is 0 Å². The van der Waals surface area contributed by atoms with Crippen molar-refractivity contribution in [3.05, 3.63) is 47.8 Å². The lowest BCUT2D eigenvalue weighted by Crippen LogP contribution is -2.10. The van der Waals surface area contributed by atoms with Crippen LogP contribution in [0.25, 0.3) is 0 Å². The van der Waals surface area contributed by atoms with Crippen molar-refractivity contribution in [3.8, 4) is 0 Å². The summed E-state index contributed by atoms with van der Waals surface area (Å²) >= 11 is 0. The minimum Gasteiger partial charge on any atom is -0.463 e. The molecule has 2 aromatic rings. The zero-order valence-electron chi connectivity index (χ0n) is 13.1. The van der Waals surface area contributed by atoms with E-state index in [1.54, 1.807) is 0 Å². The van der Waals surface area contributed by atoms with Gasteiger partial charge in [0.2, 0.25) is 5.95 Å². The first-order valence-corrected chi connectivity index (χ1v) is 7.61. The van der Waals surface area contributed by atoms with Crippen LogP contribution in [0, 0.1) is 0 Å². The molecule has 1 aliphatic rings. The average molecular weight is 351 g/mol. The fourth-order valence-electron chi connectivity index (χ4n) is 2.34. The summed E-state index contributed by atoms with van der Waals surface area (Å²) in [6, 6.07) is 7.81. The van der Waals surface area contributed by atoms with Gasteiger partial charge in [0.25, 0.3) is 6.02 Å². The molecule has 0 fully saturated rings. The van der Waals surface area contributed by atoms with Crippen molar-refractivity contribution in [1.82, 2.24) is 9.97 Å². The number of aromatic nitrogens is 2. The normalized spacial score (nSPS) is 17.1. The Labute approximate surface area is 142 Å². The van der Waals surface area contributed by atoms with Gasteiger partial charge in [-0.05, 0) is 30.5 Å². The van der Waals surface area contributed by atoms with E-state index in [1.807, 2.05) is 24.3 Å². The van der Waals surface area contributed by atoms with E-state index in [4.69, 9.17) is 10.5 Å². The van der Waals surface area contributed by atoms with Gasteiger partial charge in [-0.2, -0.15) is 13.2 Å². The van der Waals surface area contributed by atoms with E-state index in [0.29, 0.717) is 12.3 Å². The highest BCUT2D eigenvalue weighted by Gasteiger charge is 2.31. The topological polar surface area (TPSA) is 85.4 Å². The number of benzene rings is 1. The van der Waals surface area contributed by atoms with Crippen LogP contribution in [0.5, 0.6) is 0 Å². The van der Waals surface area contributed by atoms with Crippen LogP contribution in [0.1, 0.15) is 17.5 Å². The van der Waals surface area contributed by atoms with Crippen molar-refractivity contribution in [2.75, 3.05) is 11.9 Å². The van der Waals surface area contributed by atoms with E-state index in [0.717, 1.165) is 30.8 Å². The highest BCUT2D eigenvalue weighted by Crippen LogP contribution is 2.28. The van der Waals surface area contributed by atoms with Crippen molar-refractivity contribution >= 4 is 17.7 Å². The highest BCUT2D eigenvalue weighted by atomic mass is 19.4. The van der Waals surface area contributed by atoms with Crippen molar-refractivity contribution < 1.29 is 17.9 Å². The third-order valence-corrected chi connectivity index (χ3v) is 3.69. The number of anilines is 2. The summed E-state index contributed by atoms with van der Waals surface area (Å²) in [5.41, 5.74) is 6.38. The van der Waals surface area contributed by atoms with Crippen molar-refractivity contribution in [2.45, 2.75) is 25.1 Å². The number of ether oxygens (including phenoxy) is 1. The number of hydrogen-bond donors (Lipinski definition) is 2. The summed E-state index contributed by atoms with van der Waals surface area (Å²) in [5, 5.41) is 2.86. The maximum absolute atomic E-state index is 12.5. The molecule has 6 nitrogen and oxygen atoms in total. The number of nitrogens with one attached hydrogen (secondary N) is 1. The molecule has 0 amide bonds. The number of nitrogens with two attached hydrogens (primary N) is 1. The molecule has 2 heterocycles. The lowest BCUT2D eigenvalue weighted by molar-refractivity contribution is -0.138. The number of aliphatic imine (C=N–C) groups is 1. The monoisotopic (exact) mass is 351 g/mol. The third kappa shape index (κ3) is 4.59. The van der Waals surface area contributed by atoms with E-state index < -0.39 is 11.7 Å². The standard InChI is InChI=1S/C16H16F3N5O/c17-16(18,19)11-7-21-15(22-8-11)24-12-4-1-10(2-5-12)3-6-13-9-25-14(20)23-13/h1-2,4-5,7-8,13H,3,6,9H2,(H2,20,23)(H,21,22,24)/t13-/m0/s1. The molecular formula is C16H16F3N5O. The quantitative estimate of drug-likeness (QED) is 0.865. The van der Waals surface area contributed by atoms with Gasteiger partial charge in [0.15, 0.2) is 0 Å². The van der Waals surface area contributed by atoms with Gasteiger partial charge in [-0.15, -0.1) is 0 Å². The Balaban J connectivity index is 1.55. The fraction of sp³-hybridized carbons (Fsp3) is 0.312. The number of amidine groups is 1. The zero-order chi connectivity index (χ0) is 17.9. The number of aryl methyl sites for hydroxylation is 1. The number of halogens is 3. The van der Waals surface area contributed by atoms with Gasteiger partial charge in [-0.3, -0.25) is 0 Å². The Morgan fingerprint density at radius 1 is 1.16 bits per heavy atom. The molecule has 3 rings (SSSR count). The van der Waals surface area contributed by atoms with Crippen LogP contribution in [0.2, 0.25) is 0 Å². The summed E-state index contributed by atoms with van der Waals surface area (Å²) in [6.45, 7) is 0.511. The predicted octanol–water partition coefficient (Wildman–Crippen LogP) is 2.89. The van der Waals surface area contributed by atoms with Gasteiger partial charge < -0.3 is 15.8 Å². The first kappa shape index (κ1) is 17.0. The Morgan fingerprint density at radius 2 is 1.84 bits per heavy atom. The van der Waals surface area contributed by atoms with Gasteiger partial charge in [-0.1, -0.05) is 12.1 Å². The molecular weight excluding hydrogens is 335 g/mol. The van der Waals surface area contributed by atoms with Gasteiger partial charge in [0, 0.05) is 18.1 Å². The number of alkyl halides is 3. The lowest BCUT2D eigenvalue weighted by Gasteiger charge is -2.09. The van der Waals surface area contributed by atoms with Crippen molar-refractivity contribution in [3.63, 3.8) is 0 Å². The maximum atomic E-state index is 12.5. The van der Waals surface area contributed by atoms with Gasteiger partial charge >= 0.3 is 6.18 Å². The van der Waals surface area contributed by atoms with Crippen molar-refractivity contribution in [1.29, 1.82) is 0 Å². The average Bonchev–Trinajstić information content (AvgIpc) is 2.99. The molecule has 0 unspecified atom stereocenters. The zero-order valence-corrected chi connectivity index (χ0v) is 13.1. The molecule has 0 spiro atoms. The molecule has 0 radical (unpaired) electrons. The molecule has 1 aliphatic heterocycles.